The van der Waals surface area contributed by atoms with E-state index in [0.717, 1.165) is 54.1 Å². The van der Waals surface area contributed by atoms with Gasteiger partial charge < -0.3 is 4.90 Å². The van der Waals surface area contributed by atoms with Crippen LogP contribution in [0.3, 0.4) is 0 Å². The summed E-state index contributed by atoms with van der Waals surface area (Å²) in [5, 5.41) is 2.58. The molecule has 3 heterocycles. The number of hydrogen-bond acceptors (Lipinski definition) is 4. The Morgan fingerprint density at radius 3 is 2.63 bits per heavy atom. The van der Waals surface area contributed by atoms with E-state index in [2.05, 4.69) is 16.9 Å². The summed E-state index contributed by atoms with van der Waals surface area (Å²) in [6.45, 7) is 2.11. The summed E-state index contributed by atoms with van der Waals surface area (Å²) in [7, 11) is -1.64. The summed E-state index contributed by atoms with van der Waals surface area (Å²) < 4.78 is 29.0. The van der Waals surface area contributed by atoms with Gasteiger partial charge in [0.05, 0.1) is 4.90 Å². The fourth-order valence-corrected chi connectivity index (χ4v) is 6.19. The molecule has 0 radical (unpaired) electrons. The molecule has 30 heavy (non-hydrogen) atoms. The predicted octanol–water partition coefficient (Wildman–Crippen LogP) is 4.63. The maximum atomic E-state index is 13.8. The van der Waals surface area contributed by atoms with Crippen LogP contribution in [0.2, 0.25) is 0 Å². The maximum absolute atomic E-state index is 13.8. The largest absolute Gasteiger partial charge is 0.306 e. The number of pyridine rings is 1. The highest BCUT2D eigenvalue weighted by Crippen LogP contribution is 2.36. The minimum Gasteiger partial charge on any atom is -0.306 e. The van der Waals surface area contributed by atoms with Gasteiger partial charge in [0.25, 0.3) is 10.0 Å². The third-order valence-corrected chi connectivity index (χ3v) is 7.95. The van der Waals surface area contributed by atoms with Crippen molar-refractivity contribution in [2.45, 2.75) is 30.1 Å². The zero-order valence-corrected chi connectivity index (χ0v) is 17.8. The average molecular weight is 420 g/mol. The Labute approximate surface area is 177 Å². The van der Waals surface area contributed by atoms with Crippen LogP contribution in [0.15, 0.2) is 71.9 Å². The number of likely N-dealkylation sites (tertiary alicyclic amines) is 1. The van der Waals surface area contributed by atoms with Crippen LogP contribution in [0.1, 0.15) is 30.7 Å². The lowest BCUT2D eigenvalue weighted by Crippen LogP contribution is -2.18. The summed E-state index contributed by atoms with van der Waals surface area (Å²) in [5.74, 6) is 0.339. The van der Waals surface area contributed by atoms with E-state index in [-0.39, 0.29) is 0 Å². The van der Waals surface area contributed by atoms with Crippen molar-refractivity contribution in [3.8, 4) is 0 Å². The fraction of sp³-hybridized carbons (Fsp3) is 0.292. The molecular weight excluding hydrogens is 394 g/mol. The van der Waals surface area contributed by atoms with Crippen molar-refractivity contribution in [1.82, 2.24) is 13.9 Å². The average Bonchev–Trinajstić information content (AvgIpc) is 3.03. The van der Waals surface area contributed by atoms with Crippen LogP contribution >= 0.6 is 0 Å². The molecule has 1 saturated heterocycles. The molecular formula is C24H25N3O2S. The van der Waals surface area contributed by atoms with Crippen LogP contribution in [0.5, 0.6) is 0 Å². The summed E-state index contributed by atoms with van der Waals surface area (Å²) in [6, 6.07) is 16.9. The number of rotatable bonds is 3. The van der Waals surface area contributed by atoms with Crippen LogP contribution in [-0.4, -0.2) is 42.4 Å². The molecule has 1 fully saturated rings. The molecule has 1 atom stereocenters. The van der Waals surface area contributed by atoms with Gasteiger partial charge in [-0.05, 0) is 74.5 Å². The molecule has 1 aliphatic heterocycles. The van der Waals surface area contributed by atoms with Gasteiger partial charge in [-0.3, -0.25) is 0 Å². The quantitative estimate of drug-likeness (QED) is 0.486. The third-order valence-electron chi connectivity index (χ3n) is 6.24. The van der Waals surface area contributed by atoms with Crippen LogP contribution in [-0.2, 0) is 10.0 Å². The minimum atomic E-state index is -3.79. The van der Waals surface area contributed by atoms with Crippen molar-refractivity contribution < 1.29 is 8.42 Å². The highest BCUT2D eigenvalue weighted by atomic mass is 32.2. The van der Waals surface area contributed by atoms with E-state index < -0.39 is 10.0 Å². The predicted molar refractivity (Wildman–Crippen MR) is 120 cm³/mol. The van der Waals surface area contributed by atoms with E-state index in [1.54, 1.807) is 18.3 Å². The molecule has 0 bridgehead atoms. The van der Waals surface area contributed by atoms with E-state index in [9.17, 15) is 8.42 Å². The molecule has 0 aliphatic carbocycles. The number of benzene rings is 2. The lowest BCUT2D eigenvalue weighted by atomic mass is 9.92. The first-order chi connectivity index (χ1) is 14.6. The van der Waals surface area contributed by atoms with Gasteiger partial charge in [-0.1, -0.05) is 36.4 Å². The van der Waals surface area contributed by atoms with Crippen LogP contribution in [0.4, 0.5) is 0 Å². The Balaban J connectivity index is 1.69. The molecule has 0 amide bonds. The van der Waals surface area contributed by atoms with E-state index >= 15 is 0 Å². The number of aromatic nitrogens is 2. The zero-order chi connectivity index (χ0) is 20.7. The molecule has 154 valence electrons. The third kappa shape index (κ3) is 3.20. The summed E-state index contributed by atoms with van der Waals surface area (Å²) in [6.07, 6.45) is 6.70. The molecule has 4 aromatic rings. The van der Waals surface area contributed by atoms with Crippen molar-refractivity contribution in [2.24, 2.45) is 0 Å². The van der Waals surface area contributed by atoms with Gasteiger partial charge >= 0.3 is 0 Å². The first-order valence-electron chi connectivity index (χ1n) is 10.4. The molecule has 5 rings (SSSR count). The minimum absolute atomic E-state index is 0.315. The van der Waals surface area contributed by atoms with E-state index in [0.29, 0.717) is 16.5 Å². The Hall–Kier alpha value is -2.70. The SMILES string of the molecule is CN1CCCC(c2cn(S(=O)(=O)c3cccc4ccccc34)c3ncccc23)CC1. The maximum Gasteiger partial charge on any atom is 0.269 e. The number of fused-ring (bicyclic) bond motifs is 2. The molecule has 0 saturated carbocycles. The first-order valence-corrected chi connectivity index (χ1v) is 11.9. The lowest BCUT2D eigenvalue weighted by Gasteiger charge is -2.14. The van der Waals surface area contributed by atoms with E-state index in [1.165, 1.54) is 3.97 Å². The van der Waals surface area contributed by atoms with Gasteiger partial charge in [0.15, 0.2) is 5.65 Å². The second kappa shape index (κ2) is 7.52. The van der Waals surface area contributed by atoms with E-state index in [1.807, 2.05) is 48.7 Å². The molecule has 5 nitrogen and oxygen atoms in total. The van der Waals surface area contributed by atoms with Crippen molar-refractivity contribution in [3.05, 3.63) is 72.6 Å². The van der Waals surface area contributed by atoms with Gasteiger partial charge in [0.2, 0.25) is 0 Å². The standard InChI is InChI=1S/C24H25N3O2S/c1-26-15-6-9-19(13-16-26)22-17-27(24-21(22)11-5-14-25-24)30(28,29)23-12-4-8-18-7-2-3-10-20(18)23/h2-5,7-8,10-12,14,17,19H,6,9,13,15-16H2,1H3. The smallest absolute Gasteiger partial charge is 0.269 e. The monoisotopic (exact) mass is 419 g/mol. The Morgan fingerprint density at radius 1 is 0.933 bits per heavy atom. The van der Waals surface area contributed by atoms with Gasteiger partial charge in [-0.15, -0.1) is 0 Å². The lowest BCUT2D eigenvalue weighted by molar-refractivity contribution is 0.347. The molecule has 2 aromatic heterocycles. The second-order valence-electron chi connectivity index (χ2n) is 8.17. The van der Waals surface area contributed by atoms with Crippen LogP contribution < -0.4 is 0 Å². The van der Waals surface area contributed by atoms with Crippen LogP contribution in [0.25, 0.3) is 21.8 Å². The van der Waals surface area contributed by atoms with Gasteiger partial charge in [-0.2, -0.15) is 0 Å². The molecule has 1 aliphatic rings. The summed E-state index contributed by atoms with van der Waals surface area (Å²) in [5.41, 5.74) is 1.61. The Bertz CT molecular complexity index is 1320. The Kier molecular flexibility index (Phi) is 4.83. The molecule has 1 unspecified atom stereocenters. The Morgan fingerprint density at radius 2 is 1.73 bits per heavy atom. The fourth-order valence-electron chi connectivity index (χ4n) is 4.64. The van der Waals surface area contributed by atoms with Crippen molar-refractivity contribution in [3.63, 3.8) is 0 Å². The van der Waals surface area contributed by atoms with Crippen molar-refractivity contribution >= 4 is 31.8 Å². The zero-order valence-electron chi connectivity index (χ0n) is 17.0. The molecule has 6 heteroatoms. The van der Waals surface area contributed by atoms with Gasteiger partial charge in [0.1, 0.15) is 0 Å². The van der Waals surface area contributed by atoms with Crippen molar-refractivity contribution in [1.29, 1.82) is 0 Å². The summed E-state index contributed by atoms with van der Waals surface area (Å²) >= 11 is 0. The van der Waals surface area contributed by atoms with E-state index in [4.69, 9.17) is 0 Å². The highest BCUT2D eigenvalue weighted by molar-refractivity contribution is 7.90. The van der Waals surface area contributed by atoms with Gasteiger partial charge in [0, 0.05) is 23.2 Å². The van der Waals surface area contributed by atoms with Gasteiger partial charge in [-0.25, -0.2) is 17.4 Å². The first kappa shape index (κ1) is 19.3. The summed E-state index contributed by atoms with van der Waals surface area (Å²) in [4.78, 5) is 7.15. The number of hydrogen-bond donors (Lipinski definition) is 0. The topological polar surface area (TPSA) is 55.2 Å². The second-order valence-corrected chi connectivity index (χ2v) is 9.95. The molecule has 0 spiro atoms. The van der Waals surface area contributed by atoms with Crippen molar-refractivity contribution in [2.75, 3.05) is 20.1 Å². The molecule has 2 aromatic carbocycles. The molecule has 0 N–H and O–H groups in total. The number of nitrogens with zero attached hydrogens (tertiary/aromatic N) is 3. The van der Waals surface area contributed by atoms with Crippen LogP contribution in [0, 0.1) is 0 Å². The normalized spacial score (nSPS) is 18.6. The highest BCUT2D eigenvalue weighted by Gasteiger charge is 2.27.